The molecule has 0 amide bonds. The molecule has 0 aromatic heterocycles. The summed E-state index contributed by atoms with van der Waals surface area (Å²) in [5.74, 6) is -4.12. The van der Waals surface area contributed by atoms with E-state index in [9.17, 15) is 14.4 Å². The van der Waals surface area contributed by atoms with Gasteiger partial charge in [0.15, 0.2) is 0 Å². The second kappa shape index (κ2) is 5.47. The highest BCUT2D eigenvalue weighted by Crippen LogP contribution is 2.11. The molecule has 0 aliphatic heterocycles. The van der Waals surface area contributed by atoms with E-state index in [0.717, 1.165) is 18.2 Å². The Morgan fingerprint density at radius 3 is 1.00 bits per heavy atom. The van der Waals surface area contributed by atoms with Crippen molar-refractivity contribution in [2.75, 3.05) is 0 Å². The maximum absolute atomic E-state index is 10.6. The van der Waals surface area contributed by atoms with E-state index in [1.54, 1.807) is 0 Å². The number of carboxylic acid groups (broad SMARTS) is 3. The summed E-state index contributed by atoms with van der Waals surface area (Å²) < 4.78 is 0. The average Bonchev–Trinajstić information content (AvgIpc) is 2.16. The van der Waals surface area contributed by atoms with Crippen LogP contribution in [0, 0.1) is 0 Å². The van der Waals surface area contributed by atoms with Gasteiger partial charge in [-0.25, -0.2) is 14.4 Å². The first-order valence-corrected chi connectivity index (χ1v) is 3.77. The van der Waals surface area contributed by atoms with Gasteiger partial charge >= 0.3 is 41.0 Å². The van der Waals surface area contributed by atoms with Crippen molar-refractivity contribution in [1.29, 1.82) is 0 Å². The molecule has 7 heteroatoms. The second-order valence-electron chi connectivity index (χ2n) is 2.71. The van der Waals surface area contributed by atoms with E-state index in [1.165, 1.54) is 0 Å². The van der Waals surface area contributed by atoms with Crippen molar-refractivity contribution in [1.82, 2.24) is 0 Å². The zero-order valence-corrected chi connectivity index (χ0v) is 7.30. The summed E-state index contributed by atoms with van der Waals surface area (Å²) in [4.78, 5) is 31.7. The molecule has 0 saturated heterocycles. The van der Waals surface area contributed by atoms with E-state index < -0.39 is 17.9 Å². The fourth-order valence-electron chi connectivity index (χ4n) is 0.998. The van der Waals surface area contributed by atoms with Crippen LogP contribution in [-0.2, 0) is 0 Å². The van der Waals surface area contributed by atoms with Gasteiger partial charge in [0.25, 0.3) is 0 Å². The Kier molecular flexibility index (Phi) is 4.92. The van der Waals surface area contributed by atoms with Crippen LogP contribution >= 0.6 is 0 Å². The lowest BCUT2D eigenvalue weighted by molar-refractivity contribution is 0.0696. The lowest BCUT2D eigenvalue weighted by Crippen LogP contribution is -2.07. The van der Waals surface area contributed by atoms with Crippen LogP contribution in [0.15, 0.2) is 18.2 Å². The van der Waals surface area contributed by atoms with Crippen molar-refractivity contribution < 1.29 is 29.7 Å². The summed E-state index contributed by atoms with van der Waals surface area (Å²) in [6.07, 6.45) is 0. The molecule has 6 nitrogen and oxygen atoms in total. The molecule has 1 aromatic rings. The van der Waals surface area contributed by atoms with E-state index in [0.29, 0.717) is 0 Å². The zero-order valence-electron chi connectivity index (χ0n) is 7.30. The summed E-state index contributed by atoms with van der Waals surface area (Å²) in [5.41, 5.74) is -1.10. The van der Waals surface area contributed by atoms with Crippen LogP contribution in [0.4, 0.5) is 0 Å². The number of carboxylic acids is 3. The molecule has 0 radical (unpaired) electrons. The second-order valence-corrected chi connectivity index (χ2v) is 2.71. The normalized spacial score (nSPS) is 9.00. The van der Waals surface area contributed by atoms with Gasteiger partial charge in [-0.2, -0.15) is 0 Å². The van der Waals surface area contributed by atoms with Crippen molar-refractivity contribution in [3.63, 3.8) is 0 Å². The molecule has 0 spiro atoms. The summed E-state index contributed by atoms with van der Waals surface area (Å²) in [6, 6.07) is 2.70. The molecule has 0 bridgehead atoms. The molecule has 0 unspecified atom stereocenters. The van der Waals surface area contributed by atoms with Gasteiger partial charge in [-0.05, 0) is 18.2 Å². The molecule has 82 valence electrons. The van der Waals surface area contributed by atoms with Gasteiger partial charge in [-0.1, -0.05) is 0 Å². The molecular formula is C9H8MgO6. The Morgan fingerprint density at radius 1 is 0.688 bits per heavy atom. The topological polar surface area (TPSA) is 112 Å². The Hall–Kier alpha value is -1.60. The van der Waals surface area contributed by atoms with Crippen LogP contribution in [0.1, 0.15) is 31.1 Å². The molecular weight excluding hydrogens is 228 g/mol. The van der Waals surface area contributed by atoms with Gasteiger partial charge in [-0.3, -0.25) is 0 Å². The highest BCUT2D eigenvalue weighted by Gasteiger charge is 2.14. The quantitative estimate of drug-likeness (QED) is 0.630. The monoisotopic (exact) mass is 236 g/mol. The first-order valence-electron chi connectivity index (χ1n) is 3.77. The summed E-state index contributed by atoms with van der Waals surface area (Å²) >= 11 is 0. The van der Waals surface area contributed by atoms with E-state index in [2.05, 4.69) is 0 Å². The smallest absolute Gasteiger partial charge is 0.335 e. The number of aromatic carboxylic acids is 3. The molecule has 0 saturated carbocycles. The third kappa shape index (κ3) is 3.21. The minimum Gasteiger partial charge on any atom is -0.478 e. The van der Waals surface area contributed by atoms with Gasteiger partial charge in [0, 0.05) is 0 Å². The van der Waals surface area contributed by atoms with E-state index in [-0.39, 0.29) is 39.7 Å². The third-order valence-corrected chi connectivity index (χ3v) is 1.67. The number of carbonyl (C=O) groups is 3. The van der Waals surface area contributed by atoms with Crippen molar-refractivity contribution >= 4 is 41.0 Å². The standard InChI is InChI=1S/C9H6O6.Mg.2H/c10-7(11)4-1-5(8(12)13)3-6(2-4)9(14)15;;;/h1-3H,(H,10,11)(H,12,13)(H,14,15);;;. The summed E-state index contributed by atoms with van der Waals surface area (Å²) in [5, 5.41) is 25.8. The highest BCUT2D eigenvalue weighted by atomic mass is 24.3. The minimum atomic E-state index is -1.37. The fourth-order valence-corrected chi connectivity index (χ4v) is 0.998. The maximum Gasteiger partial charge on any atom is 0.335 e. The predicted octanol–water partition coefficient (Wildman–Crippen LogP) is -0.135. The molecule has 1 rings (SSSR count). The van der Waals surface area contributed by atoms with Crippen molar-refractivity contribution in [2.24, 2.45) is 0 Å². The van der Waals surface area contributed by atoms with E-state index in [1.807, 2.05) is 0 Å². The minimum absolute atomic E-state index is 0. The number of rotatable bonds is 3. The lowest BCUT2D eigenvalue weighted by atomic mass is 10.1. The van der Waals surface area contributed by atoms with Crippen LogP contribution in [0.2, 0.25) is 0 Å². The maximum atomic E-state index is 10.6. The fraction of sp³-hybridized carbons (Fsp3) is 0. The Balaban J connectivity index is 0.00000225. The van der Waals surface area contributed by atoms with Crippen molar-refractivity contribution in [2.45, 2.75) is 0 Å². The molecule has 0 atom stereocenters. The van der Waals surface area contributed by atoms with Gasteiger partial charge in [0.2, 0.25) is 0 Å². The highest BCUT2D eigenvalue weighted by molar-refractivity contribution is 5.98. The molecule has 0 heterocycles. The average molecular weight is 236 g/mol. The van der Waals surface area contributed by atoms with Crippen LogP contribution < -0.4 is 0 Å². The van der Waals surface area contributed by atoms with Crippen molar-refractivity contribution in [3.05, 3.63) is 34.9 Å². The zero-order chi connectivity index (χ0) is 11.6. The Bertz CT molecular complexity index is 374. The third-order valence-electron chi connectivity index (χ3n) is 1.67. The molecule has 3 N–H and O–H groups in total. The Morgan fingerprint density at radius 2 is 0.875 bits per heavy atom. The van der Waals surface area contributed by atoms with E-state index >= 15 is 0 Å². The van der Waals surface area contributed by atoms with Gasteiger partial charge < -0.3 is 15.3 Å². The summed E-state index contributed by atoms with van der Waals surface area (Å²) in [6.45, 7) is 0. The predicted molar refractivity (Wildman–Crippen MR) is 55.9 cm³/mol. The Labute approximate surface area is 106 Å². The lowest BCUT2D eigenvalue weighted by Gasteiger charge is -2.00. The van der Waals surface area contributed by atoms with E-state index in [4.69, 9.17) is 15.3 Å². The first-order chi connectivity index (χ1) is 6.91. The molecule has 1 aromatic carbocycles. The van der Waals surface area contributed by atoms with Crippen LogP contribution in [0.5, 0.6) is 0 Å². The summed E-state index contributed by atoms with van der Waals surface area (Å²) in [7, 11) is 0. The van der Waals surface area contributed by atoms with Gasteiger partial charge in [0.1, 0.15) is 0 Å². The largest absolute Gasteiger partial charge is 0.478 e. The first kappa shape index (κ1) is 14.4. The van der Waals surface area contributed by atoms with Crippen LogP contribution in [0.3, 0.4) is 0 Å². The van der Waals surface area contributed by atoms with Gasteiger partial charge in [0.05, 0.1) is 16.7 Å². The molecule has 0 aliphatic rings. The van der Waals surface area contributed by atoms with Gasteiger partial charge in [-0.15, -0.1) is 0 Å². The molecule has 0 aliphatic carbocycles. The van der Waals surface area contributed by atoms with Crippen molar-refractivity contribution in [3.8, 4) is 0 Å². The number of hydrogen-bond donors (Lipinski definition) is 3. The number of benzene rings is 1. The SMILES string of the molecule is O=C(O)c1cc(C(=O)O)cc(C(=O)O)c1.[MgH2]. The van der Waals surface area contributed by atoms with Crippen LogP contribution in [-0.4, -0.2) is 56.3 Å². The number of hydrogen-bond acceptors (Lipinski definition) is 3. The molecule has 0 fully saturated rings. The molecule has 16 heavy (non-hydrogen) atoms. The van der Waals surface area contributed by atoms with Crippen LogP contribution in [0.25, 0.3) is 0 Å².